The highest BCUT2D eigenvalue weighted by Crippen LogP contribution is 2.36. The Morgan fingerprint density at radius 3 is 2.65 bits per heavy atom. The number of aliphatic imine (C=N–C) groups is 1. The fraction of sp³-hybridized carbons (Fsp3) is 0.357. The summed E-state index contributed by atoms with van der Waals surface area (Å²) < 4.78 is 5.25. The summed E-state index contributed by atoms with van der Waals surface area (Å²) in [4.78, 5) is 9.37. The van der Waals surface area contributed by atoms with Crippen LogP contribution < -0.4 is 10.2 Å². The summed E-state index contributed by atoms with van der Waals surface area (Å²) in [5, 5.41) is 0.700. The smallest absolute Gasteiger partial charge is 0.158 e. The molecule has 1 atom stereocenters. The molecule has 1 aromatic carbocycles. The van der Waals surface area contributed by atoms with Crippen molar-refractivity contribution in [1.29, 1.82) is 0 Å². The van der Waals surface area contributed by atoms with Gasteiger partial charge in [-0.05, 0) is 25.5 Å². The first-order chi connectivity index (χ1) is 9.58. The quantitative estimate of drug-likeness (QED) is 0.358. The van der Waals surface area contributed by atoms with Gasteiger partial charge < -0.3 is 4.74 Å². The minimum atomic E-state index is 0.104. The van der Waals surface area contributed by atoms with Crippen LogP contribution in [0.1, 0.15) is 20.3 Å². The van der Waals surface area contributed by atoms with Crippen molar-refractivity contribution in [1.82, 2.24) is 5.48 Å². The maximum atomic E-state index is 6.05. The molecule has 0 bridgehead atoms. The number of terminal acetylenes is 1. The molecule has 0 fully saturated rings. The summed E-state index contributed by atoms with van der Waals surface area (Å²) in [5.41, 5.74) is 3.21. The zero-order chi connectivity index (χ0) is 15.0. The SMILES string of the molecule is C#CCOc1c(Cl)cc(N=CNOC(C)CC)cc1Cl. The Morgan fingerprint density at radius 1 is 1.45 bits per heavy atom. The number of nitrogens with zero attached hydrogens (tertiary/aromatic N) is 1. The molecule has 1 unspecified atom stereocenters. The Hall–Kier alpha value is -1.41. The average Bonchev–Trinajstić information content (AvgIpc) is 2.42. The standard InChI is InChI=1S/C14H16Cl2N2O2/c1-4-6-19-14-12(15)7-11(8-13(14)16)17-9-18-20-10(3)5-2/h1,7-10H,5-6H2,2-3H3,(H,17,18). The molecule has 0 amide bonds. The zero-order valence-electron chi connectivity index (χ0n) is 11.3. The lowest BCUT2D eigenvalue weighted by Crippen LogP contribution is -2.19. The number of rotatable bonds is 7. The van der Waals surface area contributed by atoms with Gasteiger partial charge in [-0.1, -0.05) is 36.0 Å². The molecule has 0 aliphatic rings. The Kier molecular flexibility index (Phi) is 7.24. The molecule has 1 rings (SSSR count). The number of halogens is 2. The summed E-state index contributed by atoms with van der Waals surface area (Å²) in [6.07, 6.45) is 7.55. The zero-order valence-corrected chi connectivity index (χ0v) is 12.8. The molecule has 0 aliphatic carbocycles. The van der Waals surface area contributed by atoms with Gasteiger partial charge in [0.1, 0.15) is 12.9 Å². The molecule has 0 spiro atoms. The predicted molar refractivity (Wildman–Crippen MR) is 82.9 cm³/mol. The second-order valence-electron chi connectivity index (χ2n) is 3.94. The number of ether oxygens (including phenoxy) is 1. The molecule has 0 saturated carbocycles. The lowest BCUT2D eigenvalue weighted by molar-refractivity contribution is 0.0225. The molecule has 0 aromatic heterocycles. The van der Waals surface area contributed by atoms with Crippen molar-refractivity contribution in [3.63, 3.8) is 0 Å². The van der Waals surface area contributed by atoms with Gasteiger partial charge in [-0.2, -0.15) is 0 Å². The van der Waals surface area contributed by atoms with Crippen LogP contribution in [0.2, 0.25) is 10.0 Å². The van der Waals surface area contributed by atoms with Gasteiger partial charge in [0.05, 0.1) is 21.8 Å². The number of benzene rings is 1. The highest BCUT2D eigenvalue weighted by molar-refractivity contribution is 6.37. The third-order valence-corrected chi connectivity index (χ3v) is 2.95. The van der Waals surface area contributed by atoms with Gasteiger partial charge in [0.15, 0.2) is 5.75 Å². The molecule has 20 heavy (non-hydrogen) atoms. The van der Waals surface area contributed by atoms with Gasteiger partial charge in [-0.15, -0.1) is 6.42 Å². The molecular formula is C14H16Cl2N2O2. The Morgan fingerprint density at radius 2 is 2.10 bits per heavy atom. The summed E-state index contributed by atoms with van der Waals surface area (Å²) in [6, 6.07) is 3.25. The first-order valence-electron chi connectivity index (χ1n) is 6.07. The first kappa shape index (κ1) is 16.6. The van der Waals surface area contributed by atoms with Crippen molar-refractivity contribution in [2.24, 2.45) is 4.99 Å². The molecule has 1 N–H and O–H groups in total. The van der Waals surface area contributed by atoms with Crippen molar-refractivity contribution in [3.8, 4) is 18.1 Å². The highest BCUT2D eigenvalue weighted by Gasteiger charge is 2.09. The van der Waals surface area contributed by atoms with Crippen LogP contribution >= 0.6 is 23.2 Å². The average molecular weight is 315 g/mol. The fourth-order valence-corrected chi connectivity index (χ4v) is 1.79. The molecule has 0 radical (unpaired) electrons. The number of hydrogen-bond donors (Lipinski definition) is 1. The summed E-state index contributed by atoms with van der Waals surface area (Å²) in [6.45, 7) is 4.08. The fourth-order valence-electron chi connectivity index (χ4n) is 1.20. The molecule has 0 heterocycles. The van der Waals surface area contributed by atoms with E-state index in [1.54, 1.807) is 12.1 Å². The maximum absolute atomic E-state index is 6.05. The van der Waals surface area contributed by atoms with Crippen LogP contribution in [0.4, 0.5) is 5.69 Å². The maximum Gasteiger partial charge on any atom is 0.158 e. The monoisotopic (exact) mass is 314 g/mol. The molecule has 1 aromatic rings. The van der Waals surface area contributed by atoms with E-state index in [1.807, 2.05) is 13.8 Å². The van der Waals surface area contributed by atoms with Crippen molar-refractivity contribution in [3.05, 3.63) is 22.2 Å². The molecule has 0 saturated heterocycles. The summed E-state index contributed by atoms with van der Waals surface area (Å²) in [7, 11) is 0. The Bertz CT molecular complexity index is 489. The van der Waals surface area contributed by atoms with E-state index in [2.05, 4.69) is 16.4 Å². The first-order valence-corrected chi connectivity index (χ1v) is 6.83. The van der Waals surface area contributed by atoms with Crippen LogP contribution in [0.3, 0.4) is 0 Å². The molecular weight excluding hydrogens is 299 g/mol. The van der Waals surface area contributed by atoms with Gasteiger partial charge in [0.25, 0.3) is 0 Å². The lowest BCUT2D eigenvalue weighted by Gasteiger charge is -2.09. The van der Waals surface area contributed by atoms with Gasteiger partial charge in [0, 0.05) is 0 Å². The molecule has 4 nitrogen and oxygen atoms in total. The van der Waals surface area contributed by atoms with E-state index in [4.69, 9.17) is 39.2 Å². The van der Waals surface area contributed by atoms with Crippen LogP contribution in [0, 0.1) is 12.3 Å². The van der Waals surface area contributed by atoms with Crippen LogP contribution in [-0.2, 0) is 4.84 Å². The third-order valence-electron chi connectivity index (χ3n) is 2.39. The van der Waals surface area contributed by atoms with Crippen LogP contribution in [-0.4, -0.2) is 19.0 Å². The van der Waals surface area contributed by atoms with Crippen molar-refractivity contribution in [2.45, 2.75) is 26.4 Å². The largest absolute Gasteiger partial charge is 0.478 e. The van der Waals surface area contributed by atoms with Crippen LogP contribution in [0.15, 0.2) is 17.1 Å². The second-order valence-corrected chi connectivity index (χ2v) is 4.76. The van der Waals surface area contributed by atoms with Crippen molar-refractivity contribution < 1.29 is 9.57 Å². The van der Waals surface area contributed by atoms with Gasteiger partial charge >= 0.3 is 0 Å². The van der Waals surface area contributed by atoms with Crippen molar-refractivity contribution >= 4 is 35.2 Å². The van der Waals surface area contributed by atoms with Gasteiger partial charge in [-0.3, -0.25) is 10.3 Å². The Balaban J connectivity index is 2.69. The predicted octanol–water partition coefficient (Wildman–Crippen LogP) is 3.98. The van der Waals surface area contributed by atoms with Crippen molar-refractivity contribution in [2.75, 3.05) is 6.61 Å². The van der Waals surface area contributed by atoms with E-state index in [9.17, 15) is 0 Å². The Labute approximate surface area is 129 Å². The van der Waals surface area contributed by atoms with E-state index in [0.29, 0.717) is 21.5 Å². The second kappa shape index (κ2) is 8.70. The van der Waals surface area contributed by atoms with E-state index in [1.165, 1.54) is 6.34 Å². The summed E-state index contributed by atoms with van der Waals surface area (Å²) in [5.74, 6) is 2.70. The normalized spacial score (nSPS) is 12.2. The minimum Gasteiger partial charge on any atom is -0.478 e. The van der Waals surface area contributed by atoms with Gasteiger partial charge in [0.2, 0.25) is 0 Å². The summed E-state index contributed by atoms with van der Waals surface area (Å²) >= 11 is 12.1. The molecule has 0 aliphatic heterocycles. The minimum absolute atomic E-state index is 0.104. The molecule has 108 valence electrons. The topological polar surface area (TPSA) is 42.8 Å². The van der Waals surface area contributed by atoms with E-state index >= 15 is 0 Å². The van der Waals surface area contributed by atoms with Crippen LogP contribution in [0.25, 0.3) is 0 Å². The van der Waals surface area contributed by atoms with Crippen LogP contribution in [0.5, 0.6) is 5.75 Å². The third kappa shape index (κ3) is 5.30. The van der Waals surface area contributed by atoms with E-state index in [-0.39, 0.29) is 12.7 Å². The van der Waals surface area contributed by atoms with E-state index < -0.39 is 0 Å². The molecule has 6 heteroatoms. The van der Waals surface area contributed by atoms with E-state index in [0.717, 1.165) is 6.42 Å². The lowest BCUT2D eigenvalue weighted by atomic mass is 10.3. The number of hydroxylamine groups is 1. The number of nitrogens with one attached hydrogen (secondary N) is 1. The van der Waals surface area contributed by atoms with Gasteiger partial charge in [-0.25, -0.2) is 4.99 Å². The number of hydrogen-bond acceptors (Lipinski definition) is 3. The highest BCUT2D eigenvalue weighted by atomic mass is 35.5.